The number of carbonyl (C=O) groups is 2. The van der Waals surface area contributed by atoms with Gasteiger partial charge in [0.25, 0.3) is 11.8 Å². The van der Waals surface area contributed by atoms with Crippen LogP contribution in [0.1, 0.15) is 35.3 Å². The van der Waals surface area contributed by atoms with Crippen LogP contribution in [0.5, 0.6) is 0 Å². The van der Waals surface area contributed by atoms with Gasteiger partial charge in [0.1, 0.15) is 0 Å². The van der Waals surface area contributed by atoms with E-state index in [4.69, 9.17) is 9.90 Å². The van der Waals surface area contributed by atoms with Gasteiger partial charge in [-0.1, -0.05) is 18.2 Å². The molecule has 2 fully saturated rings. The lowest BCUT2D eigenvalue weighted by Crippen LogP contribution is -2.55. The number of fused-ring (bicyclic) bond motifs is 3. The zero-order valence-electron chi connectivity index (χ0n) is 17.7. The van der Waals surface area contributed by atoms with Gasteiger partial charge in [0.05, 0.1) is 17.5 Å². The third-order valence-corrected chi connectivity index (χ3v) is 6.87. The Hall–Kier alpha value is -2.69. The molecule has 2 saturated heterocycles. The molecule has 0 bridgehead atoms. The van der Waals surface area contributed by atoms with E-state index in [-0.39, 0.29) is 19.0 Å². The molecule has 1 unspecified atom stereocenters. The summed E-state index contributed by atoms with van der Waals surface area (Å²) in [5.41, 5.74) is 1.85. The van der Waals surface area contributed by atoms with Gasteiger partial charge in [-0.25, -0.2) is 13.6 Å². The molecule has 1 aromatic heterocycles. The number of carboxylic acids is 1. The fraction of sp³-hybridized carbons (Fsp3) is 0.545. The molecule has 4 heterocycles. The number of aliphatic carboxylic acids is 1. The molecule has 3 aliphatic rings. The van der Waals surface area contributed by atoms with Crippen LogP contribution in [0.15, 0.2) is 24.3 Å². The normalized spacial score (nSPS) is 24.0. The number of para-hydroxylation sites is 1. The molecule has 1 atom stereocenters. The molecule has 0 aliphatic carbocycles. The van der Waals surface area contributed by atoms with Crippen molar-refractivity contribution in [2.24, 2.45) is 5.41 Å². The number of aryl methyl sites for hydroxylation is 1. The van der Waals surface area contributed by atoms with Crippen molar-refractivity contribution < 1.29 is 36.6 Å². The van der Waals surface area contributed by atoms with Gasteiger partial charge in [0.2, 0.25) is 0 Å². The maximum Gasteiger partial charge on any atom is 0.490 e. The zero-order chi connectivity index (χ0) is 24.0. The van der Waals surface area contributed by atoms with Crippen molar-refractivity contribution in [1.82, 2.24) is 14.8 Å². The molecule has 33 heavy (non-hydrogen) atoms. The molecule has 2 aromatic rings. The van der Waals surface area contributed by atoms with Crippen molar-refractivity contribution in [3.63, 3.8) is 0 Å². The van der Waals surface area contributed by atoms with Crippen molar-refractivity contribution >= 4 is 22.8 Å². The van der Waals surface area contributed by atoms with E-state index in [2.05, 4.69) is 9.88 Å². The molecule has 1 aromatic carbocycles. The van der Waals surface area contributed by atoms with Crippen molar-refractivity contribution in [2.75, 3.05) is 26.2 Å². The number of carboxylic acid groups (broad SMARTS) is 1. The van der Waals surface area contributed by atoms with Gasteiger partial charge in [0.15, 0.2) is 0 Å². The Morgan fingerprint density at radius 3 is 2.45 bits per heavy atom. The van der Waals surface area contributed by atoms with Crippen LogP contribution in [0.2, 0.25) is 0 Å². The first kappa shape index (κ1) is 23.5. The van der Waals surface area contributed by atoms with E-state index in [1.807, 2.05) is 24.3 Å². The van der Waals surface area contributed by atoms with Crippen LogP contribution in [-0.2, 0) is 17.8 Å². The van der Waals surface area contributed by atoms with E-state index < -0.39 is 23.5 Å². The Labute approximate surface area is 186 Å². The summed E-state index contributed by atoms with van der Waals surface area (Å²) in [6.07, 6.45) is -2.34. The van der Waals surface area contributed by atoms with E-state index in [9.17, 15) is 26.7 Å². The van der Waals surface area contributed by atoms with E-state index in [0.717, 1.165) is 41.5 Å². The number of piperidine rings is 1. The number of nitrogens with one attached hydrogen (secondary N) is 1. The molecule has 0 radical (unpaired) electrons. The second-order valence-electron chi connectivity index (χ2n) is 8.79. The number of alkyl halides is 5. The number of amides is 1. The average molecular weight is 473 g/mol. The van der Waals surface area contributed by atoms with Crippen molar-refractivity contribution in [1.29, 1.82) is 0 Å². The van der Waals surface area contributed by atoms with Crippen LogP contribution in [0, 0.1) is 5.41 Å². The summed E-state index contributed by atoms with van der Waals surface area (Å²) in [7, 11) is 0. The van der Waals surface area contributed by atoms with Crippen LogP contribution in [0.4, 0.5) is 22.0 Å². The Morgan fingerprint density at radius 2 is 1.79 bits per heavy atom. The fourth-order valence-corrected chi connectivity index (χ4v) is 5.16. The van der Waals surface area contributed by atoms with Crippen LogP contribution < -0.4 is 5.32 Å². The van der Waals surface area contributed by atoms with E-state index >= 15 is 0 Å². The fourth-order valence-electron chi connectivity index (χ4n) is 5.16. The minimum Gasteiger partial charge on any atom is -0.475 e. The lowest BCUT2D eigenvalue weighted by Gasteiger charge is -2.41. The summed E-state index contributed by atoms with van der Waals surface area (Å²) >= 11 is 0. The minimum atomic E-state index is -5.08. The molecule has 0 saturated carbocycles. The van der Waals surface area contributed by atoms with Crippen LogP contribution in [0.3, 0.4) is 0 Å². The molecule has 6 nitrogen and oxygen atoms in total. The topological polar surface area (TPSA) is 74.6 Å². The van der Waals surface area contributed by atoms with Gasteiger partial charge < -0.3 is 19.9 Å². The van der Waals surface area contributed by atoms with E-state index in [0.29, 0.717) is 25.9 Å². The van der Waals surface area contributed by atoms with Crippen molar-refractivity contribution in [3.8, 4) is 0 Å². The summed E-state index contributed by atoms with van der Waals surface area (Å²) in [5, 5.41) is 10.9. The van der Waals surface area contributed by atoms with Gasteiger partial charge in [0, 0.05) is 36.2 Å². The Balaban J connectivity index is 0.000000325. The van der Waals surface area contributed by atoms with Gasteiger partial charge in [-0.15, -0.1) is 0 Å². The first-order valence-corrected chi connectivity index (χ1v) is 10.7. The maximum absolute atomic E-state index is 14.6. The number of likely N-dealkylation sites (tertiary alicyclic amines) is 1. The van der Waals surface area contributed by atoms with Crippen LogP contribution in [-0.4, -0.2) is 64.7 Å². The van der Waals surface area contributed by atoms with Crippen LogP contribution in [0.25, 0.3) is 10.9 Å². The summed E-state index contributed by atoms with van der Waals surface area (Å²) in [5.74, 6) is -5.58. The molecule has 1 amide bonds. The summed E-state index contributed by atoms with van der Waals surface area (Å²) in [6.45, 7) is 1.84. The highest BCUT2D eigenvalue weighted by Gasteiger charge is 2.58. The van der Waals surface area contributed by atoms with Crippen molar-refractivity contribution in [2.45, 2.75) is 44.3 Å². The number of rotatable bonds is 1. The Kier molecular flexibility index (Phi) is 5.88. The number of halogens is 5. The molecule has 180 valence electrons. The van der Waals surface area contributed by atoms with Gasteiger partial charge >= 0.3 is 12.1 Å². The molecule has 3 aliphatic heterocycles. The third-order valence-electron chi connectivity index (χ3n) is 6.87. The highest BCUT2D eigenvalue weighted by Crippen LogP contribution is 2.49. The quantitative estimate of drug-likeness (QED) is 0.620. The van der Waals surface area contributed by atoms with E-state index in [1.165, 1.54) is 0 Å². The second-order valence-corrected chi connectivity index (χ2v) is 8.79. The molecule has 5 rings (SSSR count). The van der Waals surface area contributed by atoms with Gasteiger partial charge in [-0.3, -0.25) is 4.79 Å². The highest BCUT2D eigenvalue weighted by molar-refractivity contribution is 6.08. The molecular formula is C22H24F5N3O3. The maximum atomic E-state index is 14.6. The Morgan fingerprint density at radius 1 is 1.09 bits per heavy atom. The lowest BCUT2D eigenvalue weighted by atomic mass is 9.75. The minimum absolute atomic E-state index is 0.0666. The van der Waals surface area contributed by atoms with Crippen LogP contribution >= 0.6 is 0 Å². The largest absolute Gasteiger partial charge is 0.490 e. The Bertz CT molecular complexity index is 1080. The second kappa shape index (κ2) is 8.27. The smallest absolute Gasteiger partial charge is 0.475 e. The lowest BCUT2D eigenvalue weighted by molar-refractivity contribution is -0.192. The van der Waals surface area contributed by atoms with Gasteiger partial charge in [-0.2, -0.15) is 13.2 Å². The number of nitrogens with zero attached hydrogens (tertiary/aromatic N) is 2. The summed E-state index contributed by atoms with van der Waals surface area (Å²) < 4.78 is 63.2. The number of hydrogen-bond acceptors (Lipinski definition) is 3. The summed E-state index contributed by atoms with van der Waals surface area (Å²) in [4.78, 5) is 23.9. The number of carbonyl (C=O) groups excluding carboxylic acids is 1. The third kappa shape index (κ3) is 4.07. The highest BCUT2D eigenvalue weighted by atomic mass is 19.4. The summed E-state index contributed by atoms with van der Waals surface area (Å²) in [6, 6.07) is 7.97. The van der Waals surface area contributed by atoms with Crippen molar-refractivity contribution in [3.05, 3.63) is 35.5 Å². The standard InChI is InChI=1S/C20H23F2N3O.C2HF3O2/c21-20(22)12-23-9-7-19(20)8-11-24(13-19)18(26)17-14-4-1-2-5-15(14)25-10-3-6-16(17)25;3-2(4,5)1(6)7/h1-2,4-5,23H,3,6-13H2;(H,6,7). The molecule has 11 heteroatoms. The molecule has 1 spiro atoms. The first-order chi connectivity index (χ1) is 15.5. The predicted octanol–water partition coefficient (Wildman–Crippen LogP) is 3.68. The molecule has 2 N–H and O–H groups in total. The van der Waals surface area contributed by atoms with Gasteiger partial charge in [-0.05, 0) is 38.3 Å². The monoisotopic (exact) mass is 473 g/mol. The number of hydrogen-bond donors (Lipinski definition) is 2. The molecular weight excluding hydrogens is 449 g/mol. The number of aromatic nitrogens is 1. The SMILES string of the molecule is O=C(O)C(F)(F)F.O=C(c1c2n(c3ccccc13)CCC2)N1CCC2(CCNCC2(F)F)C1. The predicted molar refractivity (Wildman–Crippen MR) is 109 cm³/mol. The average Bonchev–Trinajstić information content (AvgIpc) is 3.45. The van der Waals surface area contributed by atoms with E-state index in [1.54, 1.807) is 4.90 Å². The number of benzene rings is 1. The first-order valence-electron chi connectivity index (χ1n) is 10.7. The zero-order valence-corrected chi connectivity index (χ0v) is 17.7.